The average molecular weight is 282 g/mol. The molecular weight excluding hydrogens is 256 g/mol. The predicted molar refractivity (Wildman–Crippen MR) is 89.5 cm³/mol. The quantitative estimate of drug-likeness (QED) is 0.638. The molecule has 2 atom stereocenters. The first-order chi connectivity index (χ1) is 10.1. The predicted octanol–water partition coefficient (Wildman–Crippen LogP) is 5.92. The van der Waals surface area contributed by atoms with Gasteiger partial charge in [-0.25, -0.2) is 0 Å². The van der Waals surface area contributed by atoms with Crippen LogP contribution < -0.4 is 0 Å². The van der Waals surface area contributed by atoms with Crippen molar-refractivity contribution in [1.29, 1.82) is 0 Å². The van der Waals surface area contributed by atoms with Crippen LogP contribution in [0, 0.1) is 13.8 Å². The van der Waals surface area contributed by atoms with E-state index < -0.39 is 0 Å². The Balaban J connectivity index is 2.15. The highest BCUT2D eigenvalue weighted by molar-refractivity contribution is 5.25. The van der Waals surface area contributed by atoms with Crippen LogP contribution >= 0.6 is 0 Å². The third-order valence-corrected chi connectivity index (χ3v) is 3.97. The second kappa shape index (κ2) is 7.42. The number of rotatable bonds is 6. The fourth-order valence-corrected chi connectivity index (χ4v) is 2.58. The van der Waals surface area contributed by atoms with E-state index in [1.165, 1.54) is 22.3 Å². The minimum absolute atomic E-state index is 0.164. The first-order valence-corrected chi connectivity index (χ1v) is 7.92. The van der Waals surface area contributed by atoms with Gasteiger partial charge >= 0.3 is 0 Å². The van der Waals surface area contributed by atoms with Crippen LogP contribution in [0.5, 0.6) is 0 Å². The van der Waals surface area contributed by atoms with Crippen LogP contribution in [0.1, 0.15) is 61.2 Å². The topological polar surface area (TPSA) is 9.23 Å². The summed E-state index contributed by atoms with van der Waals surface area (Å²) in [6.45, 7) is 8.61. The molecule has 2 aromatic rings. The summed E-state index contributed by atoms with van der Waals surface area (Å²) < 4.78 is 6.40. The van der Waals surface area contributed by atoms with Gasteiger partial charge in [0.25, 0.3) is 0 Å². The molecule has 2 unspecified atom stereocenters. The zero-order chi connectivity index (χ0) is 15.2. The van der Waals surface area contributed by atoms with E-state index in [0.29, 0.717) is 0 Å². The number of aryl methyl sites for hydroxylation is 2. The molecule has 0 fully saturated rings. The van der Waals surface area contributed by atoms with Crippen molar-refractivity contribution >= 4 is 0 Å². The standard InChI is InChI=1S/C20H26O/c1-5-19(17-11-7-15(3)8-12-17)21-20(6-2)18-13-9-16(4)10-14-18/h7-14,19-20H,5-6H2,1-4H3. The number of benzene rings is 2. The maximum atomic E-state index is 6.40. The Morgan fingerprint density at radius 1 is 0.667 bits per heavy atom. The molecular formula is C20H26O. The van der Waals surface area contributed by atoms with Crippen LogP contribution in [0.25, 0.3) is 0 Å². The number of hydrogen-bond acceptors (Lipinski definition) is 1. The lowest BCUT2D eigenvalue weighted by molar-refractivity contribution is -0.0192. The van der Waals surface area contributed by atoms with Gasteiger partial charge in [0.2, 0.25) is 0 Å². The first kappa shape index (κ1) is 15.8. The molecule has 1 heteroatoms. The van der Waals surface area contributed by atoms with Crippen molar-refractivity contribution in [2.45, 2.75) is 52.7 Å². The molecule has 0 aromatic heterocycles. The van der Waals surface area contributed by atoms with E-state index >= 15 is 0 Å². The third kappa shape index (κ3) is 4.18. The van der Waals surface area contributed by atoms with E-state index in [9.17, 15) is 0 Å². The number of hydrogen-bond donors (Lipinski definition) is 0. The van der Waals surface area contributed by atoms with Gasteiger partial charge in [0, 0.05) is 0 Å². The Kier molecular flexibility index (Phi) is 5.58. The summed E-state index contributed by atoms with van der Waals surface area (Å²) in [7, 11) is 0. The molecule has 1 nitrogen and oxygen atoms in total. The Morgan fingerprint density at radius 2 is 1.00 bits per heavy atom. The van der Waals surface area contributed by atoms with Crippen molar-refractivity contribution in [2.75, 3.05) is 0 Å². The largest absolute Gasteiger partial charge is 0.366 e. The summed E-state index contributed by atoms with van der Waals surface area (Å²) in [5, 5.41) is 0. The molecule has 0 bridgehead atoms. The molecule has 2 rings (SSSR count). The molecule has 0 N–H and O–H groups in total. The highest BCUT2D eigenvalue weighted by Gasteiger charge is 2.17. The normalized spacial score (nSPS) is 13.9. The Bertz CT molecular complexity index is 488. The van der Waals surface area contributed by atoms with Gasteiger partial charge in [-0.2, -0.15) is 0 Å². The highest BCUT2D eigenvalue weighted by Crippen LogP contribution is 2.31. The van der Waals surface area contributed by atoms with Gasteiger partial charge in [0.05, 0.1) is 12.2 Å². The monoisotopic (exact) mass is 282 g/mol. The molecule has 21 heavy (non-hydrogen) atoms. The second-order valence-electron chi connectivity index (χ2n) is 5.75. The lowest BCUT2D eigenvalue weighted by Crippen LogP contribution is -2.09. The van der Waals surface area contributed by atoms with Crippen molar-refractivity contribution in [3.63, 3.8) is 0 Å². The van der Waals surface area contributed by atoms with E-state index in [4.69, 9.17) is 4.74 Å². The molecule has 0 saturated carbocycles. The minimum atomic E-state index is 0.164. The van der Waals surface area contributed by atoms with Gasteiger partial charge in [-0.1, -0.05) is 73.5 Å². The SMILES string of the molecule is CCC(OC(CC)c1ccc(C)cc1)c1ccc(C)cc1. The summed E-state index contributed by atoms with van der Waals surface area (Å²) in [5.41, 5.74) is 5.13. The smallest absolute Gasteiger partial charge is 0.0830 e. The van der Waals surface area contributed by atoms with Crippen LogP contribution in [0.3, 0.4) is 0 Å². The van der Waals surface area contributed by atoms with Gasteiger partial charge < -0.3 is 4.74 Å². The highest BCUT2D eigenvalue weighted by atomic mass is 16.5. The maximum absolute atomic E-state index is 6.40. The van der Waals surface area contributed by atoms with Gasteiger partial charge in [-0.3, -0.25) is 0 Å². The number of ether oxygens (including phenoxy) is 1. The zero-order valence-corrected chi connectivity index (χ0v) is 13.6. The molecule has 112 valence electrons. The van der Waals surface area contributed by atoms with Crippen molar-refractivity contribution in [3.8, 4) is 0 Å². The maximum Gasteiger partial charge on any atom is 0.0830 e. The molecule has 2 aromatic carbocycles. The van der Waals surface area contributed by atoms with Crippen LogP contribution in [-0.2, 0) is 4.74 Å². The molecule has 0 saturated heterocycles. The molecule has 0 amide bonds. The summed E-state index contributed by atoms with van der Waals surface area (Å²) in [6, 6.07) is 17.4. The first-order valence-electron chi connectivity index (χ1n) is 7.92. The Morgan fingerprint density at radius 3 is 1.29 bits per heavy atom. The van der Waals surface area contributed by atoms with Gasteiger partial charge in [-0.15, -0.1) is 0 Å². The molecule has 0 aliphatic rings. The van der Waals surface area contributed by atoms with Crippen LogP contribution in [-0.4, -0.2) is 0 Å². The lowest BCUT2D eigenvalue weighted by Gasteiger charge is -2.24. The van der Waals surface area contributed by atoms with Crippen molar-refractivity contribution < 1.29 is 4.74 Å². The van der Waals surface area contributed by atoms with E-state index in [2.05, 4.69) is 76.2 Å². The van der Waals surface area contributed by atoms with Crippen LogP contribution in [0.2, 0.25) is 0 Å². The average Bonchev–Trinajstić information content (AvgIpc) is 2.51. The van der Waals surface area contributed by atoms with Crippen molar-refractivity contribution in [1.82, 2.24) is 0 Å². The fourth-order valence-electron chi connectivity index (χ4n) is 2.58. The zero-order valence-electron chi connectivity index (χ0n) is 13.6. The van der Waals surface area contributed by atoms with E-state index in [1.807, 2.05) is 0 Å². The lowest BCUT2D eigenvalue weighted by atomic mass is 10.0. The van der Waals surface area contributed by atoms with E-state index in [1.54, 1.807) is 0 Å². The Labute approximate surface area is 129 Å². The summed E-state index contributed by atoms with van der Waals surface area (Å²) >= 11 is 0. The van der Waals surface area contributed by atoms with Gasteiger partial charge in [0.1, 0.15) is 0 Å². The molecule has 0 aliphatic heterocycles. The Hall–Kier alpha value is -1.60. The van der Waals surface area contributed by atoms with E-state index in [-0.39, 0.29) is 12.2 Å². The fraction of sp³-hybridized carbons (Fsp3) is 0.400. The summed E-state index contributed by atoms with van der Waals surface area (Å²) in [5.74, 6) is 0. The van der Waals surface area contributed by atoms with Gasteiger partial charge in [0.15, 0.2) is 0 Å². The molecule has 0 radical (unpaired) electrons. The van der Waals surface area contributed by atoms with Crippen molar-refractivity contribution in [3.05, 3.63) is 70.8 Å². The van der Waals surface area contributed by atoms with Crippen LogP contribution in [0.4, 0.5) is 0 Å². The van der Waals surface area contributed by atoms with Crippen molar-refractivity contribution in [2.24, 2.45) is 0 Å². The summed E-state index contributed by atoms with van der Waals surface area (Å²) in [4.78, 5) is 0. The van der Waals surface area contributed by atoms with Crippen LogP contribution in [0.15, 0.2) is 48.5 Å². The summed E-state index contributed by atoms with van der Waals surface area (Å²) in [6.07, 6.45) is 2.31. The molecule has 0 spiro atoms. The minimum Gasteiger partial charge on any atom is -0.366 e. The van der Waals surface area contributed by atoms with E-state index in [0.717, 1.165) is 12.8 Å². The second-order valence-corrected chi connectivity index (χ2v) is 5.75. The van der Waals surface area contributed by atoms with Gasteiger partial charge in [-0.05, 0) is 37.8 Å². The molecule has 0 aliphatic carbocycles. The molecule has 0 heterocycles. The third-order valence-electron chi connectivity index (χ3n) is 3.97.